The standard InChI is InChI=1S/C21H16BrN3O4/c1-27-17-9-4-13(21-25-20-18(29-21)3-2-10-23-20)11-16(17)24-19(26)12-28-15-7-5-14(22)6-8-15/h2-11H,12H2,1H3,(H,24,26). The van der Waals surface area contributed by atoms with Gasteiger partial charge in [-0.2, -0.15) is 4.98 Å². The highest BCUT2D eigenvalue weighted by Gasteiger charge is 2.14. The number of nitrogens with one attached hydrogen (secondary N) is 1. The number of nitrogens with zero attached hydrogens (tertiary/aromatic N) is 2. The minimum absolute atomic E-state index is 0.137. The summed E-state index contributed by atoms with van der Waals surface area (Å²) in [5.74, 6) is 1.20. The number of methoxy groups -OCH3 is 1. The van der Waals surface area contributed by atoms with Crippen molar-refractivity contribution in [3.63, 3.8) is 0 Å². The van der Waals surface area contributed by atoms with Gasteiger partial charge in [-0.25, -0.2) is 4.98 Å². The average molecular weight is 454 g/mol. The number of ether oxygens (including phenoxy) is 2. The third kappa shape index (κ3) is 4.38. The van der Waals surface area contributed by atoms with Gasteiger partial charge in [0.15, 0.2) is 17.8 Å². The first-order valence-corrected chi connectivity index (χ1v) is 9.50. The Hall–Kier alpha value is -3.39. The molecule has 2 aromatic heterocycles. The number of carbonyl (C=O) groups is 1. The van der Waals surface area contributed by atoms with Crippen LogP contribution in [-0.4, -0.2) is 29.6 Å². The number of hydrogen-bond acceptors (Lipinski definition) is 6. The monoisotopic (exact) mass is 453 g/mol. The maximum atomic E-state index is 12.4. The van der Waals surface area contributed by atoms with Crippen LogP contribution in [0.2, 0.25) is 0 Å². The lowest BCUT2D eigenvalue weighted by Crippen LogP contribution is -2.20. The molecular formula is C21H16BrN3O4. The van der Waals surface area contributed by atoms with Gasteiger partial charge in [0, 0.05) is 16.2 Å². The highest BCUT2D eigenvalue weighted by molar-refractivity contribution is 9.10. The van der Waals surface area contributed by atoms with Crippen LogP contribution in [0.1, 0.15) is 0 Å². The SMILES string of the molecule is COc1ccc(-c2nc3ncccc3o2)cc1NC(=O)COc1ccc(Br)cc1. The lowest BCUT2D eigenvalue weighted by Gasteiger charge is -2.12. The molecule has 0 aliphatic heterocycles. The smallest absolute Gasteiger partial charge is 0.262 e. The van der Waals surface area contributed by atoms with Crippen molar-refractivity contribution in [3.8, 4) is 23.0 Å². The number of anilines is 1. The van der Waals surface area contributed by atoms with Crippen molar-refractivity contribution in [2.45, 2.75) is 0 Å². The first kappa shape index (κ1) is 18.9. The maximum absolute atomic E-state index is 12.4. The minimum atomic E-state index is -0.317. The Morgan fingerprint density at radius 1 is 1.17 bits per heavy atom. The van der Waals surface area contributed by atoms with Gasteiger partial charge in [0.1, 0.15) is 11.5 Å². The fourth-order valence-corrected chi connectivity index (χ4v) is 2.96. The topological polar surface area (TPSA) is 86.5 Å². The molecule has 0 radical (unpaired) electrons. The Balaban J connectivity index is 1.51. The zero-order valence-corrected chi connectivity index (χ0v) is 17.0. The van der Waals surface area contributed by atoms with Gasteiger partial charge in [0.2, 0.25) is 5.89 Å². The van der Waals surface area contributed by atoms with Crippen LogP contribution in [0.5, 0.6) is 11.5 Å². The summed E-state index contributed by atoms with van der Waals surface area (Å²) < 4.78 is 17.5. The second-order valence-corrected chi connectivity index (χ2v) is 6.97. The molecule has 0 fully saturated rings. The van der Waals surface area contributed by atoms with Crippen molar-refractivity contribution < 1.29 is 18.7 Å². The molecule has 2 heterocycles. The van der Waals surface area contributed by atoms with E-state index in [2.05, 4.69) is 31.2 Å². The zero-order chi connectivity index (χ0) is 20.2. The summed E-state index contributed by atoms with van der Waals surface area (Å²) in [5, 5.41) is 2.80. The zero-order valence-electron chi connectivity index (χ0n) is 15.4. The highest BCUT2D eigenvalue weighted by Crippen LogP contribution is 2.31. The van der Waals surface area contributed by atoms with Crippen molar-refractivity contribution in [2.75, 3.05) is 19.0 Å². The fourth-order valence-electron chi connectivity index (χ4n) is 2.70. The molecule has 0 atom stereocenters. The molecule has 29 heavy (non-hydrogen) atoms. The molecule has 0 unspecified atom stereocenters. The van der Waals surface area contributed by atoms with Crippen molar-refractivity contribution in [1.29, 1.82) is 0 Å². The predicted octanol–water partition coefficient (Wildman–Crippen LogP) is 4.68. The van der Waals surface area contributed by atoms with Crippen molar-refractivity contribution in [3.05, 3.63) is 65.3 Å². The number of hydrogen-bond donors (Lipinski definition) is 1. The summed E-state index contributed by atoms with van der Waals surface area (Å²) in [6.45, 7) is -0.137. The van der Waals surface area contributed by atoms with Crippen LogP contribution >= 0.6 is 15.9 Å². The molecule has 8 heteroatoms. The van der Waals surface area contributed by atoms with Gasteiger partial charge in [-0.05, 0) is 54.6 Å². The summed E-state index contributed by atoms with van der Waals surface area (Å²) in [5.41, 5.74) is 2.29. The van der Waals surface area contributed by atoms with E-state index in [4.69, 9.17) is 13.9 Å². The fraction of sp³-hybridized carbons (Fsp3) is 0.0952. The van der Waals surface area contributed by atoms with Crippen molar-refractivity contribution >= 4 is 38.8 Å². The summed E-state index contributed by atoms with van der Waals surface area (Å²) >= 11 is 3.36. The number of amides is 1. The number of halogens is 1. The molecule has 2 aromatic carbocycles. The third-order valence-electron chi connectivity index (χ3n) is 4.07. The van der Waals surface area contributed by atoms with E-state index in [1.807, 2.05) is 12.1 Å². The molecule has 4 aromatic rings. The Labute approximate surface area is 174 Å². The molecule has 7 nitrogen and oxygen atoms in total. The van der Waals surface area contributed by atoms with E-state index in [0.29, 0.717) is 39.9 Å². The molecule has 4 rings (SSSR count). The number of rotatable bonds is 6. The van der Waals surface area contributed by atoms with Gasteiger partial charge >= 0.3 is 0 Å². The maximum Gasteiger partial charge on any atom is 0.262 e. The van der Waals surface area contributed by atoms with Crippen LogP contribution in [0.15, 0.2) is 69.7 Å². The second-order valence-electron chi connectivity index (χ2n) is 6.05. The van der Waals surface area contributed by atoms with Gasteiger partial charge in [0.25, 0.3) is 5.91 Å². The second kappa shape index (κ2) is 8.32. The summed E-state index contributed by atoms with van der Waals surface area (Å²) in [6, 6.07) is 16.1. The highest BCUT2D eigenvalue weighted by atomic mass is 79.9. The van der Waals surface area contributed by atoms with Crippen molar-refractivity contribution in [1.82, 2.24) is 9.97 Å². The Bertz CT molecular complexity index is 1130. The molecule has 0 bridgehead atoms. The van der Waals surface area contributed by atoms with Gasteiger partial charge in [-0.15, -0.1) is 0 Å². The molecule has 146 valence electrons. The number of oxazole rings is 1. The van der Waals surface area contributed by atoms with Gasteiger partial charge in [0.05, 0.1) is 12.8 Å². The molecule has 0 aliphatic rings. The van der Waals surface area contributed by atoms with E-state index >= 15 is 0 Å². The summed E-state index contributed by atoms with van der Waals surface area (Å²) in [6.07, 6.45) is 1.65. The normalized spacial score (nSPS) is 10.7. The van der Waals surface area contributed by atoms with E-state index in [9.17, 15) is 4.79 Å². The van der Waals surface area contributed by atoms with Gasteiger partial charge < -0.3 is 19.2 Å². The summed E-state index contributed by atoms with van der Waals surface area (Å²) in [7, 11) is 1.53. The third-order valence-corrected chi connectivity index (χ3v) is 4.60. The van der Waals surface area contributed by atoms with E-state index < -0.39 is 0 Å². The van der Waals surface area contributed by atoms with Crippen LogP contribution in [0.25, 0.3) is 22.7 Å². The summed E-state index contributed by atoms with van der Waals surface area (Å²) in [4.78, 5) is 20.9. The minimum Gasteiger partial charge on any atom is -0.495 e. The molecule has 0 spiro atoms. The molecule has 0 saturated carbocycles. The van der Waals surface area contributed by atoms with Crippen LogP contribution in [-0.2, 0) is 4.79 Å². The Kier molecular flexibility index (Phi) is 5.44. The molecular weight excluding hydrogens is 438 g/mol. The van der Waals surface area contributed by atoms with Crippen LogP contribution in [0, 0.1) is 0 Å². The molecule has 0 aliphatic carbocycles. The number of carbonyl (C=O) groups excluding carboxylic acids is 1. The van der Waals surface area contributed by atoms with Crippen molar-refractivity contribution in [2.24, 2.45) is 0 Å². The van der Waals surface area contributed by atoms with Crippen LogP contribution < -0.4 is 14.8 Å². The Morgan fingerprint density at radius 2 is 2.00 bits per heavy atom. The number of fused-ring (bicyclic) bond motifs is 1. The quantitative estimate of drug-likeness (QED) is 0.456. The first-order chi connectivity index (χ1) is 14.1. The first-order valence-electron chi connectivity index (χ1n) is 8.70. The number of pyridine rings is 1. The molecule has 1 N–H and O–H groups in total. The van der Waals surface area contributed by atoms with E-state index in [1.54, 1.807) is 48.7 Å². The van der Waals surface area contributed by atoms with E-state index in [0.717, 1.165) is 4.47 Å². The lowest BCUT2D eigenvalue weighted by molar-refractivity contribution is -0.118. The van der Waals surface area contributed by atoms with Crippen LogP contribution in [0.3, 0.4) is 0 Å². The van der Waals surface area contributed by atoms with Gasteiger partial charge in [-0.1, -0.05) is 15.9 Å². The van der Waals surface area contributed by atoms with E-state index in [-0.39, 0.29) is 12.5 Å². The lowest BCUT2D eigenvalue weighted by atomic mass is 10.2. The largest absolute Gasteiger partial charge is 0.495 e. The predicted molar refractivity (Wildman–Crippen MR) is 112 cm³/mol. The number of benzene rings is 2. The van der Waals surface area contributed by atoms with Crippen LogP contribution in [0.4, 0.5) is 5.69 Å². The van der Waals surface area contributed by atoms with Gasteiger partial charge in [-0.3, -0.25) is 4.79 Å². The molecule has 1 amide bonds. The van der Waals surface area contributed by atoms with E-state index in [1.165, 1.54) is 7.11 Å². The number of aromatic nitrogens is 2. The molecule has 0 saturated heterocycles. The Morgan fingerprint density at radius 3 is 2.76 bits per heavy atom. The average Bonchev–Trinajstić information content (AvgIpc) is 3.17.